The lowest BCUT2D eigenvalue weighted by Crippen LogP contribution is -2.52. The van der Waals surface area contributed by atoms with E-state index in [1.165, 1.54) is 20.7 Å². The van der Waals surface area contributed by atoms with E-state index in [2.05, 4.69) is 25.9 Å². The van der Waals surface area contributed by atoms with Gasteiger partial charge in [0.1, 0.15) is 11.0 Å². The van der Waals surface area contributed by atoms with Crippen molar-refractivity contribution < 1.29 is 19.2 Å². The number of aryl methyl sites for hydroxylation is 2. The van der Waals surface area contributed by atoms with E-state index in [9.17, 15) is 19.2 Å². The molecule has 2 aliphatic heterocycles. The van der Waals surface area contributed by atoms with Crippen LogP contribution in [0.3, 0.4) is 0 Å². The Hall–Kier alpha value is -3.93. The number of rotatable bonds is 5. The standard InChI is InChI=1S/C23H21N7O4S/c31-19-7-6-17(22(33)26-19)29-10-12-8-13(4-5-14(12)23(29)34)30-11-16(27-28-30)21(32)24-9-20-25-15-2-1-3-18(15)35-20/h4-5,8,11,17H,1-3,6-7,9-10H2,(H,24,32)(H,26,31,33). The molecule has 1 atom stereocenters. The molecule has 3 aromatic rings. The summed E-state index contributed by atoms with van der Waals surface area (Å²) in [6.07, 6.45) is 5.26. The third-order valence-corrected chi connectivity index (χ3v) is 7.70. The van der Waals surface area contributed by atoms with Gasteiger partial charge in [-0.1, -0.05) is 5.21 Å². The summed E-state index contributed by atoms with van der Waals surface area (Å²) in [6.45, 7) is 0.606. The Bertz CT molecular complexity index is 1370. The molecule has 178 valence electrons. The first-order chi connectivity index (χ1) is 17.0. The molecule has 6 rings (SSSR count). The minimum Gasteiger partial charge on any atom is -0.344 e. The molecule has 0 saturated carbocycles. The molecular weight excluding hydrogens is 470 g/mol. The second-order valence-electron chi connectivity index (χ2n) is 8.80. The molecule has 4 amide bonds. The maximum atomic E-state index is 12.9. The molecule has 2 N–H and O–H groups in total. The predicted molar refractivity (Wildman–Crippen MR) is 123 cm³/mol. The molecule has 35 heavy (non-hydrogen) atoms. The molecule has 0 bridgehead atoms. The van der Waals surface area contributed by atoms with Crippen molar-refractivity contribution in [3.8, 4) is 5.69 Å². The lowest BCUT2D eigenvalue weighted by Gasteiger charge is -2.29. The average Bonchev–Trinajstić information content (AvgIpc) is 3.61. The Kier molecular flexibility index (Phi) is 5.17. The Morgan fingerprint density at radius 3 is 2.91 bits per heavy atom. The highest BCUT2D eigenvalue weighted by Crippen LogP contribution is 2.29. The maximum Gasteiger partial charge on any atom is 0.273 e. The Balaban J connectivity index is 1.14. The normalized spacial score (nSPS) is 19.0. The molecule has 1 unspecified atom stereocenters. The fourth-order valence-electron chi connectivity index (χ4n) is 4.76. The van der Waals surface area contributed by atoms with E-state index < -0.39 is 11.9 Å². The topological polar surface area (TPSA) is 139 Å². The Labute approximate surface area is 203 Å². The highest BCUT2D eigenvalue weighted by atomic mass is 32.1. The van der Waals surface area contributed by atoms with Gasteiger partial charge in [-0.25, -0.2) is 9.67 Å². The van der Waals surface area contributed by atoms with Gasteiger partial charge in [0.05, 0.1) is 24.1 Å². The number of carbonyl (C=O) groups excluding carboxylic acids is 4. The number of amides is 4. The number of piperidine rings is 1. The highest BCUT2D eigenvalue weighted by molar-refractivity contribution is 7.11. The fourth-order valence-corrected chi connectivity index (χ4v) is 5.86. The summed E-state index contributed by atoms with van der Waals surface area (Å²) in [4.78, 5) is 56.5. The summed E-state index contributed by atoms with van der Waals surface area (Å²) in [5, 5.41) is 14.1. The van der Waals surface area contributed by atoms with Crippen LogP contribution in [-0.2, 0) is 35.5 Å². The van der Waals surface area contributed by atoms with Gasteiger partial charge in [0.25, 0.3) is 11.8 Å². The predicted octanol–water partition coefficient (Wildman–Crippen LogP) is 0.903. The molecule has 2 aromatic heterocycles. The van der Waals surface area contributed by atoms with E-state index in [-0.39, 0.29) is 36.4 Å². The molecule has 0 radical (unpaired) electrons. The number of hydrogen-bond donors (Lipinski definition) is 2. The van der Waals surface area contributed by atoms with Crippen LogP contribution in [0.25, 0.3) is 5.69 Å². The molecule has 4 heterocycles. The van der Waals surface area contributed by atoms with Crippen LogP contribution >= 0.6 is 11.3 Å². The molecule has 3 aliphatic rings. The lowest BCUT2D eigenvalue weighted by molar-refractivity contribution is -0.136. The largest absolute Gasteiger partial charge is 0.344 e. The van der Waals surface area contributed by atoms with Crippen LogP contribution in [0.1, 0.15) is 61.3 Å². The summed E-state index contributed by atoms with van der Waals surface area (Å²) in [5.74, 6) is -1.35. The summed E-state index contributed by atoms with van der Waals surface area (Å²) in [5.41, 5.74) is 3.22. The van der Waals surface area contributed by atoms with Gasteiger partial charge in [0.2, 0.25) is 11.8 Å². The van der Waals surface area contributed by atoms with Crippen LogP contribution in [-0.4, -0.2) is 54.5 Å². The van der Waals surface area contributed by atoms with Crippen molar-refractivity contribution in [1.29, 1.82) is 0 Å². The summed E-state index contributed by atoms with van der Waals surface area (Å²) in [6, 6.07) is 4.53. The van der Waals surface area contributed by atoms with E-state index >= 15 is 0 Å². The van der Waals surface area contributed by atoms with Crippen LogP contribution in [0.5, 0.6) is 0 Å². The minimum atomic E-state index is -0.670. The molecule has 0 spiro atoms. The van der Waals surface area contributed by atoms with Gasteiger partial charge in [0.15, 0.2) is 5.69 Å². The lowest BCUT2D eigenvalue weighted by atomic mass is 10.0. The van der Waals surface area contributed by atoms with Gasteiger partial charge in [-0.15, -0.1) is 16.4 Å². The van der Waals surface area contributed by atoms with E-state index in [0.717, 1.165) is 35.5 Å². The molecule has 1 saturated heterocycles. The van der Waals surface area contributed by atoms with Crippen LogP contribution < -0.4 is 10.6 Å². The fraction of sp³-hybridized carbons (Fsp3) is 0.348. The Morgan fingerprint density at radius 2 is 2.09 bits per heavy atom. The van der Waals surface area contributed by atoms with Gasteiger partial charge < -0.3 is 10.2 Å². The first-order valence-corrected chi connectivity index (χ1v) is 12.2. The molecular formula is C23H21N7O4S. The highest BCUT2D eigenvalue weighted by Gasteiger charge is 2.39. The quantitative estimate of drug-likeness (QED) is 0.506. The summed E-state index contributed by atoms with van der Waals surface area (Å²) >= 11 is 1.64. The maximum absolute atomic E-state index is 12.9. The number of nitrogens with zero attached hydrogens (tertiary/aromatic N) is 5. The number of aromatic nitrogens is 4. The molecule has 1 fully saturated rings. The van der Waals surface area contributed by atoms with Crippen LogP contribution in [0.2, 0.25) is 0 Å². The SMILES string of the molecule is O=C1CCC(N2Cc3cc(-n4cc(C(=O)NCc5nc6c(s5)CCC6)nn4)ccc3C2=O)C(=O)N1. The van der Waals surface area contributed by atoms with Crippen molar-refractivity contribution in [2.45, 2.75) is 51.2 Å². The van der Waals surface area contributed by atoms with Gasteiger partial charge in [-0.3, -0.25) is 24.5 Å². The van der Waals surface area contributed by atoms with Crippen molar-refractivity contribution in [2.75, 3.05) is 0 Å². The van der Waals surface area contributed by atoms with E-state index in [4.69, 9.17) is 0 Å². The zero-order valence-electron chi connectivity index (χ0n) is 18.6. The Morgan fingerprint density at radius 1 is 1.20 bits per heavy atom. The number of nitrogens with one attached hydrogen (secondary N) is 2. The van der Waals surface area contributed by atoms with Crippen molar-refractivity contribution in [3.63, 3.8) is 0 Å². The van der Waals surface area contributed by atoms with E-state index in [1.54, 1.807) is 29.5 Å². The number of thiazole rings is 1. The average molecular weight is 492 g/mol. The van der Waals surface area contributed by atoms with Crippen LogP contribution in [0.4, 0.5) is 0 Å². The summed E-state index contributed by atoms with van der Waals surface area (Å²) in [7, 11) is 0. The van der Waals surface area contributed by atoms with Gasteiger partial charge in [-0.2, -0.15) is 0 Å². The van der Waals surface area contributed by atoms with Crippen molar-refractivity contribution in [1.82, 2.24) is 35.5 Å². The molecule has 11 nitrogen and oxygen atoms in total. The van der Waals surface area contributed by atoms with E-state index in [1.807, 2.05) is 0 Å². The first kappa shape index (κ1) is 21.6. The van der Waals surface area contributed by atoms with Crippen LogP contribution in [0, 0.1) is 0 Å². The van der Waals surface area contributed by atoms with Crippen molar-refractivity contribution >= 4 is 35.0 Å². The van der Waals surface area contributed by atoms with E-state index in [0.29, 0.717) is 24.2 Å². The third kappa shape index (κ3) is 3.89. The second kappa shape index (κ2) is 8.38. The number of hydrogen-bond acceptors (Lipinski definition) is 8. The molecule has 1 aliphatic carbocycles. The zero-order chi connectivity index (χ0) is 24.1. The monoisotopic (exact) mass is 491 g/mol. The third-order valence-electron chi connectivity index (χ3n) is 6.54. The van der Waals surface area contributed by atoms with Crippen LogP contribution in [0.15, 0.2) is 24.4 Å². The number of benzene rings is 1. The smallest absolute Gasteiger partial charge is 0.273 e. The van der Waals surface area contributed by atoms with Crippen molar-refractivity contribution in [3.05, 3.63) is 56.8 Å². The number of imide groups is 1. The zero-order valence-corrected chi connectivity index (χ0v) is 19.4. The van der Waals surface area contributed by atoms with Crippen molar-refractivity contribution in [2.24, 2.45) is 0 Å². The number of carbonyl (C=O) groups is 4. The number of fused-ring (bicyclic) bond motifs is 2. The van der Waals surface area contributed by atoms with Gasteiger partial charge >= 0.3 is 0 Å². The molecule has 1 aromatic carbocycles. The molecule has 12 heteroatoms. The minimum absolute atomic E-state index is 0.177. The van der Waals surface area contributed by atoms with Gasteiger partial charge in [-0.05, 0) is 49.4 Å². The summed E-state index contributed by atoms with van der Waals surface area (Å²) < 4.78 is 1.48. The van der Waals surface area contributed by atoms with Gasteiger partial charge in [0, 0.05) is 23.4 Å². The second-order valence-corrected chi connectivity index (χ2v) is 9.97. The first-order valence-electron chi connectivity index (χ1n) is 11.4.